The molecular formula is C18H30IN5O. The largest absolute Gasteiger partial charge is 0.357 e. The van der Waals surface area contributed by atoms with E-state index in [0.717, 1.165) is 37.8 Å². The second-order valence-corrected chi connectivity index (χ2v) is 6.08. The van der Waals surface area contributed by atoms with E-state index in [2.05, 4.69) is 52.8 Å². The van der Waals surface area contributed by atoms with Crippen LogP contribution in [0.3, 0.4) is 0 Å². The molecule has 0 bridgehead atoms. The zero-order chi connectivity index (χ0) is 17.4. The first kappa shape index (κ1) is 21.7. The van der Waals surface area contributed by atoms with Gasteiger partial charge in [0, 0.05) is 37.7 Å². The molecule has 7 heteroatoms. The molecule has 0 aliphatic carbocycles. The Kier molecular flexibility index (Phi) is 9.81. The molecule has 6 nitrogen and oxygen atoms in total. The minimum absolute atomic E-state index is 0. The Bertz CT molecular complexity index is 578. The molecule has 0 radical (unpaired) electrons. The van der Waals surface area contributed by atoms with E-state index in [1.54, 1.807) is 0 Å². The first-order valence-electron chi connectivity index (χ1n) is 8.73. The third kappa shape index (κ3) is 6.81. The number of carbonyl (C=O) groups is 1. The first-order valence-corrected chi connectivity index (χ1v) is 8.73. The highest BCUT2D eigenvalue weighted by molar-refractivity contribution is 14.0. The minimum Gasteiger partial charge on any atom is -0.357 e. The van der Waals surface area contributed by atoms with Crippen LogP contribution in [0.15, 0.2) is 29.3 Å². The quantitative estimate of drug-likeness (QED) is 0.333. The first-order chi connectivity index (χ1) is 11.6. The Morgan fingerprint density at radius 1 is 1.32 bits per heavy atom. The number of fused-ring (bicyclic) bond motifs is 1. The van der Waals surface area contributed by atoms with Crippen LogP contribution in [0.1, 0.15) is 31.7 Å². The van der Waals surface area contributed by atoms with E-state index >= 15 is 0 Å². The Labute approximate surface area is 167 Å². The average Bonchev–Trinajstić information content (AvgIpc) is 2.59. The number of likely N-dealkylation sites (N-methyl/N-ethyl adjacent to an activating group) is 1. The highest BCUT2D eigenvalue weighted by Gasteiger charge is 2.24. The van der Waals surface area contributed by atoms with Crippen LogP contribution in [0.2, 0.25) is 0 Å². The number of hydrogen-bond donors (Lipinski definition) is 3. The second-order valence-electron chi connectivity index (χ2n) is 6.08. The molecule has 0 saturated carbocycles. The van der Waals surface area contributed by atoms with Crippen molar-refractivity contribution in [1.82, 2.24) is 15.5 Å². The van der Waals surface area contributed by atoms with Crippen LogP contribution in [-0.2, 0) is 4.79 Å². The SMILES string of the molecule is CCNC(=NCC1CC(=O)Nc2ccccc21)NCCN(C)CC.I. The van der Waals surface area contributed by atoms with E-state index in [4.69, 9.17) is 0 Å². The molecule has 0 saturated heterocycles. The van der Waals surface area contributed by atoms with Crippen LogP contribution in [0.25, 0.3) is 0 Å². The normalized spacial score (nSPS) is 16.7. The van der Waals surface area contributed by atoms with Gasteiger partial charge in [-0.05, 0) is 32.1 Å². The molecule has 1 amide bonds. The Hall–Kier alpha value is -1.35. The van der Waals surface area contributed by atoms with Crippen molar-refractivity contribution in [3.8, 4) is 0 Å². The van der Waals surface area contributed by atoms with E-state index in [0.29, 0.717) is 13.0 Å². The number of amides is 1. The van der Waals surface area contributed by atoms with Crippen molar-refractivity contribution in [1.29, 1.82) is 0 Å². The van der Waals surface area contributed by atoms with E-state index in [-0.39, 0.29) is 35.8 Å². The molecule has 1 aromatic carbocycles. The van der Waals surface area contributed by atoms with Gasteiger partial charge >= 0.3 is 0 Å². The topological polar surface area (TPSA) is 68.8 Å². The zero-order valence-electron chi connectivity index (χ0n) is 15.3. The van der Waals surface area contributed by atoms with Gasteiger partial charge in [0.15, 0.2) is 5.96 Å². The Morgan fingerprint density at radius 3 is 2.80 bits per heavy atom. The number of benzene rings is 1. The second kappa shape index (κ2) is 11.3. The molecule has 140 valence electrons. The number of para-hydroxylation sites is 1. The molecule has 1 atom stereocenters. The molecule has 0 aromatic heterocycles. The lowest BCUT2D eigenvalue weighted by Crippen LogP contribution is -2.41. The van der Waals surface area contributed by atoms with Gasteiger partial charge in [0.05, 0.1) is 6.54 Å². The van der Waals surface area contributed by atoms with E-state index in [1.807, 2.05) is 18.2 Å². The molecule has 1 unspecified atom stereocenters. The summed E-state index contributed by atoms with van der Waals surface area (Å²) in [4.78, 5) is 18.8. The third-order valence-corrected chi connectivity index (χ3v) is 4.25. The Balaban J connectivity index is 0.00000312. The van der Waals surface area contributed by atoms with Gasteiger partial charge in [-0.1, -0.05) is 25.1 Å². The fourth-order valence-electron chi connectivity index (χ4n) is 2.73. The van der Waals surface area contributed by atoms with Gasteiger partial charge in [-0.3, -0.25) is 9.79 Å². The predicted octanol–water partition coefficient (Wildman–Crippen LogP) is 2.24. The number of halogens is 1. The van der Waals surface area contributed by atoms with Crippen LogP contribution >= 0.6 is 24.0 Å². The standard InChI is InChI=1S/C18H29N5O.HI/c1-4-19-18(20-10-11-23(3)5-2)21-13-14-12-17(24)22-16-9-7-6-8-15(14)16;/h6-9,14H,4-5,10-13H2,1-3H3,(H,22,24)(H2,19,20,21);1H. The van der Waals surface area contributed by atoms with Crippen molar-refractivity contribution in [2.45, 2.75) is 26.2 Å². The van der Waals surface area contributed by atoms with Crippen molar-refractivity contribution in [3.63, 3.8) is 0 Å². The van der Waals surface area contributed by atoms with Gasteiger partial charge in [-0.2, -0.15) is 0 Å². The van der Waals surface area contributed by atoms with Gasteiger partial charge in [-0.15, -0.1) is 24.0 Å². The third-order valence-electron chi connectivity index (χ3n) is 4.25. The fourth-order valence-corrected chi connectivity index (χ4v) is 2.73. The summed E-state index contributed by atoms with van der Waals surface area (Å²) < 4.78 is 0. The smallest absolute Gasteiger partial charge is 0.225 e. The molecule has 1 aliphatic rings. The summed E-state index contributed by atoms with van der Waals surface area (Å²) in [5.41, 5.74) is 2.08. The number of anilines is 1. The maximum absolute atomic E-state index is 11.9. The van der Waals surface area contributed by atoms with Crippen LogP contribution in [0, 0.1) is 0 Å². The van der Waals surface area contributed by atoms with E-state index in [1.165, 1.54) is 5.56 Å². The van der Waals surface area contributed by atoms with Crippen molar-refractivity contribution >= 4 is 41.5 Å². The summed E-state index contributed by atoms with van der Waals surface area (Å²) in [5.74, 6) is 1.01. The van der Waals surface area contributed by atoms with Gasteiger partial charge in [-0.25, -0.2) is 0 Å². The van der Waals surface area contributed by atoms with E-state index < -0.39 is 0 Å². The molecule has 1 aliphatic heterocycles. The summed E-state index contributed by atoms with van der Waals surface area (Å²) in [6.07, 6.45) is 0.485. The number of carbonyl (C=O) groups excluding carboxylic acids is 1. The number of guanidine groups is 1. The highest BCUT2D eigenvalue weighted by Crippen LogP contribution is 2.31. The van der Waals surface area contributed by atoms with Crippen LogP contribution in [0.4, 0.5) is 5.69 Å². The molecule has 3 N–H and O–H groups in total. The van der Waals surface area contributed by atoms with Gasteiger partial charge < -0.3 is 20.9 Å². The monoisotopic (exact) mass is 459 g/mol. The molecule has 1 heterocycles. The fraction of sp³-hybridized carbons (Fsp3) is 0.556. The van der Waals surface area contributed by atoms with Crippen molar-refractivity contribution in [3.05, 3.63) is 29.8 Å². The number of hydrogen-bond acceptors (Lipinski definition) is 3. The molecule has 0 spiro atoms. The van der Waals surface area contributed by atoms with Gasteiger partial charge in [0.2, 0.25) is 5.91 Å². The summed E-state index contributed by atoms with van der Waals surface area (Å²) in [6, 6.07) is 7.98. The van der Waals surface area contributed by atoms with Crippen molar-refractivity contribution in [2.24, 2.45) is 4.99 Å². The summed E-state index contributed by atoms with van der Waals surface area (Å²) in [6.45, 7) is 8.46. The van der Waals surface area contributed by atoms with Crippen LogP contribution < -0.4 is 16.0 Å². The van der Waals surface area contributed by atoms with Crippen molar-refractivity contribution in [2.75, 3.05) is 45.1 Å². The minimum atomic E-state index is 0. The summed E-state index contributed by atoms with van der Waals surface area (Å²) in [5, 5.41) is 9.56. The van der Waals surface area contributed by atoms with Crippen LogP contribution in [-0.4, -0.2) is 56.5 Å². The average molecular weight is 459 g/mol. The predicted molar refractivity (Wildman–Crippen MR) is 115 cm³/mol. The number of aliphatic imine (C=N–C) groups is 1. The van der Waals surface area contributed by atoms with Crippen LogP contribution in [0.5, 0.6) is 0 Å². The zero-order valence-corrected chi connectivity index (χ0v) is 17.7. The lowest BCUT2D eigenvalue weighted by atomic mass is 9.91. The molecule has 0 fully saturated rings. The van der Waals surface area contributed by atoms with Gasteiger partial charge in [0.25, 0.3) is 0 Å². The molecule has 1 aromatic rings. The van der Waals surface area contributed by atoms with Crippen molar-refractivity contribution < 1.29 is 4.79 Å². The lowest BCUT2D eigenvalue weighted by Gasteiger charge is -2.24. The lowest BCUT2D eigenvalue weighted by molar-refractivity contribution is -0.116. The summed E-state index contributed by atoms with van der Waals surface area (Å²) >= 11 is 0. The maximum atomic E-state index is 11.9. The van der Waals surface area contributed by atoms with E-state index in [9.17, 15) is 4.79 Å². The maximum Gasteiger partial charge on any atom is 0.225 e. The highest BCUT2D eigenvalue weighted by atomic mass is 127. The summed E-state index contributed by atoms with van der Waals surface area (Å²) in [7, 11) is 2.10. The van der Waals surface area contributed by atoms with Gasteiger partial charge in [0.1, 0.15) is 0 Å². The number of nitrogens with one attached hydrogen (secondary N) is 3. The molecule has 25 heavy (non-hydrogen) atoms. The molecular weight excluding hydrogens is 429 g/mol. The molecule has 2 rings (SSSR count). The number of rotatable bonds is 7. The number of nitrogens with zero attached hydrogens (tertiary/aromatic N) is 2. The Morgan fingerprint density at radius 2 is 2.08 bits per heavy atom.